The van der Waals surface area contributed by atoms with Crippen molar-refractivity contribution in [1.82, 2.24) is 9.80 Å². The van der Waals surface area contributed by atoms with Gasteiger partial charge < -0.3 is 19.3 Å². The first kappa shape index (κ1) is 23.4. The quantitative estimate of drug-likeness (QED) is 0.508. The minimum atomic E-state index is -0.141. The summed E-state index contributed by atoms with van der Waals surface area (Å²) < 4.78 is 10.7. The van der Waals surface area contributed by atoms with Gasteiger partial charge in [0, 0.05) is 24.2 Å². The molecule has 1 heterocycles. The topological polar surface area (TPSA) is 59.1 Å². The van der Waals surface area contributed by atoms with Gasteiger partial charge in [0.25, 0.3) is 5.91 Å². The van der Waals surface area contributed by atoms with Gasteiger partial charge in [-0.15, -0.1) is 0 Å². The van der Waals surface area contributed by atoms with Crippen LogP contribution in [0.15, 0.2) is 78.9 Å². The van der Waals surface area contributed by atoms with Crippen LogP contribution in [0.5, 0.6) is 11.5 Å². The third-order valence-electron chi connectivity index (χ3n) is 6.28. The van der Waals surface area contributed by atoms with Gasteiger partial charge in [-0.05, 0) is 48.7 Å². The monoisotopic (exact) mass is 458 g/mol. The molecule has 0 saturated carbocycles. The molecule has 1 saturated heterocycles. The van der Waals surface area contributed by atoms with Crippen LogP contribution in [-0.4, -0.2) is 55.0 Å². The molecule has 6 nitrogen and oxygen atoms in total. The number of rotatable bonds is 8. The van der Waals surface area contributed by atoms with Crippen LogP contribution in [0.25, 0.3) is 0 Å². The number of methoxy groups -OCH3 is 2. The van der Waals surface area contributed by atoms with E-state index in [2.05, 4.69) is 12.1 Å². The molecule has 1 aliphatic heterocycles. The molecule has 1 fully saturated rings. The number of ether oxygens (including phenoxy) is 2. The lowest BCUT2D eigenvalue weighted by molar-refractivity contribution is -0.139. The van der Waals surface area contributed by atoms with E-state index in [9.17, 15) is 9.59 Å². The molecule has 0 N–H and O–H groups in total. The summed E-state index contributed by atoms with van der Waals surface area (Å²) in [6.07, 6.45) is 1.59. The molecule has 0 aromatic heterocycles. The summed E-state index contributed by atoms with van der Waals surface area (Å²) in [4.78, 5) is 30.1. The van der Waals surface area contributed by atoms with Crippen molar-refractivity contribution in [3.8, 4) is 11.5 Å². The van der Waals surface area contributed by atoms with E-state index in [-0.39, 0.29) is 24.4 Å². The Morgan fingerprint density at radius 1 is 0.912 bits per heavy atom. The van der Waals surface area contributed by atoms with Crippen molar-refractivity contribution in [3.63, 3.8) is 0 Å². The number of amides is 2. The van der Waals surface area contributed by atoms with Crippen LogP contribution in [0.4, 0.5) is 0 Å². The van der Waals surface area contributed by atoms with Gasteiger partial charge in [0.2, 0.25) is 5.91 Å². The highest BCUT2D eigenvalue weighted by molar-refractivity contribution is 5.97. The van der Waals surface area contributed by atoms with Crippen LogP contribution in [0.1, 0.15) is 27.9 Å². The molecule has 34 heavy (non-hydrogen) atoms. The second-order valence-corrected chi connectivity index (χ2v) is 8.43. The van der Waals surface area contributed by atoms with Gasteiger partial charge in [-0.1, -0.05) is 48.5 Å². The number of para-hydroxylation sites is 1. The highest BCUT2D eigenvalue weighted by Gasteiger charge is 2.35. The number of hydrogen-bond acceptors (Lipinski definition) is 4. The van der Waals surface area contributed by atoms with Gasteiger partial charge in [0.15, 0.2) is 0 Å². The molecule has 4 rings (SSSR count). The first-order valence-electron chi connectivity index (χ1n) is 11.5. The number of carbonyl (C=O) groups excluding carboxylic acids is 2. The largest absolute Gasteiger partial charge is 0.497 e. The van der Waals surface area contributed by atoms with E-state index in [1.165, 1.54) is 5.56 Å². The van der Waals surface area contributed by atoms with E-state index in [1.807, 2.05) is 47.4 Å². The Morgan fingerprint density at radius 2 is 1.62 bits per heavy atom. The number of nitrogens with zero attached hydrogens (tertiary/aromatic N) is 2. The molecule has 3 aromatic carbocycles. The molecule has 176 valence electrons. The smallest absolute Gasteiger partial charge is 0.254 e. The lowest BCUT2D eigenvalue weighted by Gasteiger charge is -2.41. The Hall–Kier alpha value is -3.80. The lowest BCUT2D eigenvalue weighted by atomic mass is 10.00. The van der Waals surface area contributed by atoms with Crippen LogP contribution in [0, 0.1) is 0 Å². The lowest BCUT2D eigenvalue weighted by Crippen LogP contribution is -2.57. The van der Waals surface area contributed by atoms with Crippen molar-refractivity contribution in [1.29, 1.82) is 0 Å². The summed E-state index contributed by atoms with van der Waals surface area (Å²) in [5.41, 5.74) is 2.72. The highest BCUT2D eigenvalue weighted by Crippen LogP contribution is 2.25. The van der Waals surface area contributed by atoms with Gasteiger partial charge in [0.05, 0.1) is 20.3 Å². The van der Waals surface area contributed by atoms with Crippen molar-refractivity contribution in [3.05, 3.63) is 95.6 Å². The van der Waals surface area contributed by atoms with Crippen molar-refractivity contribution < 1.29 is 19.1 Å². The minimum Gasteiger partial charge on any atom is -0.497 e. The maximum Gasteiger partial charge on any atom is 0.254 e. The van der Waals surface area contributed by atoms with Crippen LogP contribution in [0.3, 0.4) is 0 Å². The van der Waals surface area contributed by atoms with Gasteiger partial charge in [-0.3, -0.25) is 9.59 Å². The Bertz CT molecular complexity index is 1110. The predicted molar refractivity (Wildman–Crippen MR) is 131 cm³/mol. The maximum atomic E-state index is 13.3. The Labute approximate surface area is 200 Å². The van der Waals surface area contributed by atoms with Crippen LogP contribution < -0.4 is 9.47 Å². The Balaban J connectivity index is 1.55. The molecular weight excluding hydrogens is 428 g/mol. The van der Waals surface area contributed by atoms with Crippen LogP contribution in [-0.2, 0) is 17.8 Å². The molecule has 0 spiro atoms. The molecular formula is C28H30N2O4. The van der Waals surface area contributed by atoms with E-state index in [0.717, 1.165) is 24.2 Å². The van der Waals surface area contributed by atoms with Gasteiger partial charge in [0.1, 0.15) is 18.0 Å². The average molecular weight is 459 g/mol. The van der Waals surface area contributed by atoms with Crippen molar-refractivity contribution >= 4 is 11.8 Å². The second-order valence-electron chi connectivity index (χ2n) is 8.43. The van der Waals surface area contributed by atoms with Gasteiger partial charge >= 0.3 is 0 Å². The standard InChI is InChI=1S/C28H30N2O4/c1-33-25-16-13-22(14-17-25)28(32)29-19-24(15-12-21-8-4-3-5-9-21)30(27(31)20-29)18-23-10-6-7-11-26(23)34-2/h3-11,13-14,16-17,24H,12,15,18-20H2,1-2H3/t24-/m0/s1. The van der Waals surface area contributed by atoms with E-state index in [1.54, 1.807) is 43.4 Å². The predicted octanol–water partition coefficient (Wildman–Crippen LogP) is 4.19. The SMILES string of the molecule is COc1ccc(C(=O)N2CC(=O)N(Cc3ccccc3OC)[C@@H](CCc3ccccc3)C2)cc1. The van der Waals surface area contributed by atoms with Crippen molar-refractivity contribution in [2.24, 2.45) is 0 Å². The molecule has 1 atom stereocenters. The zero-order chi connectivity index (χ0) is 23.9. The molecule has 3 aromatic rings. The summed E-state index contributed by atoms with van der Waals surface area (Å²) in [7, 11) is 3.23. The molecule has 2 amide bonds. The fraction of sp³-hybridized carbons (Fsp3) is 0.286. The minimum absolute atomic E-state index is 0.0574. The average Bonchev–Trinajstić information content (AvgIpc) is 2.89. The van der Waals surface area contributed by atoms with Gasteiger partial charge in [-0.25, -0.2) is 0 Å². The summed E-state index contributed by atoms with van der Waals surface area (Å²) in [5, 5.41) is 0. The Kier molecular flexibility index (Phi) is 7.48. The second kappa shape index (κ2) is 10.9. The number of benzene rings is 3. The first-order valence-corrected chi connectivity index (χ1v) is 11.5. The molecule has 6 heteroatoms. The van der Waals surface area contributed by atoms with E-state index in [4.69, 9.17) is 9.47 Å². The summed E-state index contributed by atoms with van der Waals surface area (Å²) >= 11 is 0. The third-order valence-corrected chi connectivity index (χ3v) is 6.28. The van der Waals surface area contributed by atoms with E-state index in [0.29, 0.717) is 24.4 Å². The van der Waals surface area contributed by atoms with E-state index >= 15 is 0 Å². The van der Waals surface area contributed by atoms with E-state index < -0.39 is 0 Å². The number of hydrogen-bond donors (Lipinski definition) is 0. The fourth-order valence-corrected chi connectivity index (χ4v) is 4.41. The summed E-state index contributed by atoms with van der Waals surface area (Å²) in [6.45, 7) is 0.993. The van der Waals surface area contributed by atoms with Crippen LogP contribution >= 0.6 is 0 Å². The third kappa shape index (κ3) is 5.39. The van der Waals surface area contributed by atoms with Gasteiger partial charge in [-0.2, -0.15) is 0 Å². The normalized spacial score (nSPS) is 15.8. The molecule has 0 bridgehead atoms. The maximum absolute atomic E-state index is 13.3. The molecule has 0 unspecified atom stereocenters. The zero-order valence-electron chi connectivity index (χ0n) is 19.6. The zero-order valence-corrected chi connectivity index (χ0v) is 19.6. The Morgan fingerprint density at radius 3 is 2.32 bits per heavy atom. The van der Waals surface area contributed by atoms with Crippen molar-refractivity contribution in [2.45, 2.75) is 25.4 Å². The van der Waals surface area contributed by atoms with Crippen LogP contribution in [0.2, 0.25) is 0 Å². The first-order chi connectivity index (χ1) is 16.6. The summed E-state index contributed by atoms with van der Waals surface area (Å²) in [5.74, 6) is 1.25. The highest BCUT2D eigenvalue weighted by atomic mass is 16.5. The number of carbonyl (C=O) groups is 2. The molecule has 1 aliphatic rings. The fourth-order valence-electron chi connectivity index (χ4n) is 4.41. The molecule has 0 radical (unpaired) electrons. The number of piperazine rings is 1. The number of aryl methyl sites for hydroxylation is 1. The molecule has 0 aliphatic carbocycles. The van der Waals surface area contributed by atoms with Crippen molar-refractivity contribution in [2.75, 3.05) is 27.3 Å². The summed E-state index contributed by atoms with van der Waals surface area (Å²) in [6, 6.07) is 24.9.